The molecular formula is C18H18N4O2. The second-order valence-corrected chi connectivity index (χ2v) is 5.57. The molecule has 0 saturated carbocycles. The van der Waals surface area contributed by atoms with E-state index in [-0.39, 0.29) is 0 Å². The van der Waals surface area contributed by atoms with Crippen LogP contribution in [0.25, 0.3) is 11.1 Å². The van der Waals surface area contributed by atoms with E-state index in [0.717, 1.165) is 53.8 Å². The lowest BCUT2D eigenvalue weighted by Crippen LogP contribution is -2.22. The zero-order chi connectivity index (χ0) is 16.9. The molecular weight excluding hydrogens is 304 g/mol. The number of carbonyl (C=O) groups excluding carboxylic acids is 1. The summed E-state index contributed by atoms with van der Waals surface area (Å²) < 4.78 is 5.21. The molecule has 1 aliphatic rings. The van der Waals surface area contributed by atoms with Gasteiger partial charge in [0.1, 0.15) is 17.4 Å². The normalized spacial score (nSPS) is 12.7. The van der Waals surface area contributed by atoms with Gasteiger partial charge in [-0.3, -0.25) is 15.6 Å². The summed E-state index contributed by atoms with van der Waals surface area (Å²) in [4.78, 5) is 15.2. The Hall–Kier alpha value is -3.07. The van der Waals surface area contributed by atoms with Crippen molar-refractivity contribution < 1.29 is 9.53 Å². The third-order valence-electron chi connectivity index (χ3n) is 4.21. The zero-order valence-electron chi connectivity index (χ0n) is 13.4. The first-order valence-electron chi connectivity index (χ1n) is 7.84. The second kappa shape index (κ2) is 7.01. The molecule has 1 aliphatic carbocycles. The van der Waals surface area contributed by atoms with E-state index in [1.54, 1.807) is 7.11 Å². The Morgan fingerprint density at radius 3 is 2.67 bits per heavy atom. The molecule has 2 N–H and O–H groups in total. The van der Waals surface area contributed by atoms with Crippen LogP contribution in [0.2, 0.25) is 0 Å². The van der Waals surface area contributed by atoms with Gasteiger partial charge in [-0.2, -0.15) is 5.26 Å². The average molecular weight is 322 g/mol. The van der Waals surface area contributed by atoms with E-state index >= 15 is 0 Å². The van der Waals surface area contributed by atoms with Crippen molar-refractivity contribution >= 4 is 12.2 Å². The zero-order valence-corrected chi connectivity index (χ0v) is 13.4. The lowest BCUT2D eigenvalue weighted by Gasteiger charge is -2.22. The molecule has 0 fully saturated rings. The molecule has 0 spiro atoms. The SMILES string of the molecule is COc1ccc(-c2c(C#N)c(NNC=O)nc3c2CCCC3)cc1. The Kier molecular flexibility index (Phi) is 4.62. The Balaban J connectivity index is 2.20. The summed E-state index contributed by atoms with van der Waals surface area (Å²) in [6.07, 6.45) is 4.46. The van der Waals surface area contributed by atoms with Crippen LogP contribution in [0.5, 0.6) is 5.75 Å². The van der Waals surface area contributed by atoms with Gasteiger partial charge in [-0.1, -0.05) is 12.1 Å². The predicted molar refractivity (Wildman–Crippen MR) is 90.4 cm³/mol. The summed E-state index contributed by atoms with van der Waals surface area (Å²) in [5.41, 5.74) is 9.49. The van der Waals surface area contributed by atoms with Crippen LogP contribution in [0.15, 0.2) is 24.3 Å². The minimum absolute atomic E-state index is 0.385. The van der Waals surface area contributed by atoms with E-state index in [9.17, 15) is 10.1 Å². The maximum absolute atomic E-state index is 10.6. The number of aromatic nitrogens is 1. The number of fused-ring (bicyclic) bond motifs is 1. The summed E-state index contributed by atoms with van der Waals surface area (Å²) in [5, 5.41) is 9.69. The first kappa shape index (κ1) is 15.8. The van der Waals surface area contributed by atoms with Crippen molar-refractivity contribution in [3.05, 3.63) is 41.1 Å². The molecule has 0 atom stereocenters. The highest BCUT2D eigenvalue weighted by Crippen LogP contribution is 2.37. The monoisotopic (exact) mass is 322 g/mol. The number of hydrazine groups is 1. The first-order valence-corrected chi connectivity index (χ1v) is 7.84. The fraction of sp³-hybridized carbons (Fsp3) is 0.278. The molecule has 1 amide bonds. The number of nitrogens with zero attached hydrogens (tertiary/aromatic N) is 2. The third-order valence-corrected chi connectivity index (χ3v) is 4.21. The Morgan fingerprint density at radius 1 is 1.25 bits per heavy atom. The van der Waals surface area contributed by atoms with E-state index < -0.39 is 0 Å². The molecule has 1 heterocycles. The molecule has 0 aliphatic heterocycles. The molecule has 6 heteroatoms. The van der Waals surface area contributed by atoms with Crippen molar-refractivity contribution in [2.45, 2.75) is 25.7 Å². The van der Waals surface area contributed by atoms with Gasteiger partial charge in [-0.05, 0) is 48.9 Å². The predicted octanol–water partition coefficient (Wildman–Crippen LogP) is 2.58. The van der Waals surface area contributed by atoms with E-state index in [2.05, 4.69) is 21.9 Å². The van der Waals surface area contributed by atoms with Gasteiger partial charge in [0.2, 0.25) is 6.41 Å². The lowest BCUT2D eigenvalue weighted by molar-refractivity contribution is -0.109. The molecule has 0 radical (unpaired) electrons. The number of carbonyl (C=O) groups is 1. The minimum Gasteiger partial charge on any atom is -0.497 e. The van der Waals surface area contributed by atoms with Crippen molar-refractivity contribution in [2.75, 3.05) is 12.5 Å². The van der Waals surface area contributed by atoms with Gasteiger partial charge in [0.15, 0.2) is 5.82 Å². The molecule has 3 rings (SSSR count). The second-order valence-electron chi connectivity index (χ2n) is 5.57. The summed E-state index contributed by atoms with van der Waals surface area (Å²) >= 11 is 0. The molecule has 0 bridgehead atoms. The van der Waals surface area contributed by atoms with Gasteiger partial charge >= 0.3 is 0 Å². The van der Waals surface area contributed by atoms with Crippen LogP contribution in [0.4, 0.5) is 5.82 Å². The van der Waals surface area contributed by atoms with Crippen LogP contribution in [-0.2, 0) is 17.6 Å². The number of hydrogen-bond acceptors (Lipinski definition) is 5. The number of pyridine rings is 1. The molecule has 24 heavy (non-hydrogen) atoms. The molecule has 6 nitrogen and oxygen atoms in total. The van der Waals surface area contributed by atoms with Crippen LogP contribution in [0, 0.1) is 11.3 Å². The largest absolute Gasteiger partial charge is 0.497 e. The standard InChI is InChI=1S/C18H18N4O2/c1-24-13-8-6-12(7-9-13)17-14-4-2-3-5-16(14)21-18(15(17)10-19)22-20-11-23/h6-9,11H,2-5H2,1H3,(H,20,23)(H,21,22). The Bertz CT molecular complexity index is 794. The Labute approximate surface area is 140 Å². The van der Waals surface area contributed by atoms with Crippen LogP contribution in [0.3, 0.4) is 0 Å². The molecule has 122 valence electrons. The topological polar surface area (TPSA) is 87.0 Å². The van der Waals surface area contributed by atoms with Crippen molar-refractivity contribution in [1.29, 1.82) is 5.26 Å². The highest BCUT2D eigenvalue weighted by Gasteiger charge is 2.23. The van der Waals surface area contributed by atoms with E-state index in [0.29, 0.717) is 17.8 Å². The van der Waals surface area contributed by atoms with Crippen molar-refractivity contribution in [1.82, 2.24) is 10.4 Å². The number of nitrogens with one attached hydrogen (secondary N) is 2. The van der Waals surface area contributed by atoms with Crippen LogP contribution >= 0.6 is 0 Å². The molecule has 1 aromatic heterocycles. The lowest BCUT2D eigenvalue weighted by atomic mass is 9.86. The van der Waals surface area contributed by atoms with Gasteiger partial charge < -0.3 is 4.74 Å². The fourth-order valence-corrected chi connectivity index (χ4v) is 3.12. The number of rotatable bonds is 5. The van der Waals surface area contributed by atoms with Gasteiger partial charge in [-0.25, -0.2) is 4.98 Å². The molecule has 0 saturated heterocycles. The number of anilines is 1. The summed E-state index contributed by atoms with van der Waals surface area (Å²) in [6, 6.07) is 9.88. The number of benzene rings is 1. The summed E-state index contributed by atoms with van der Waals surface area (Å²) in [7, 11) is 1.62. The maximum atomic E-state index is 10.6. The fourth-order valence-electron chi connectivity index (χ4n) is 3.12. The summed E-state index contributed by atoms with van der Waals surface area (Å²) in [6.45, 7) is 0. The minimum atomic E-state index is 0.385. The van der Waals surface area contributed by atoms with Crippen molar-refractivity contribution in [3.8, 4) is 22.9 Å². The number of hydrogen-bond donors (Lipinski definition) is 2. The third kappa shape index (κ3) is 2.88. The van der Waals surface area contributed by atoms with Gasteiger partial charge in [0.25, 0.3) is 0 Å². The van der Waals surface area contributed by atoms with Gasteiger partial charge in [0.05, 0.1) is 7.11 Å². The molecule has 2 aromatic rings. The Morgan fingerprint density at radius 2 is 2.00 bits per heavy atom. The number of aryl methyl sites for hydroxylation is 1. The van der Waals surface area contributed by atoms with Gasteiger partial charge in [-0.15, -0.1) is 0 Å². The van der Waals surface area contributed by atoms with Crippen LogP contribution < -0.4 is 15.6 Å². The van der Waals surface area contributed by atoms with Crippen LogP contribution in [0.1, 0.15) is 29.7 Å². The number of nitriles is 1. The number of methoxy groups -OCH3 is 1. The number of ether oxygens (including phenoxy) is 1. The maximum Gasteiger partial charge on any atom is 0.225 e. The van der Waals surface area contributed by atoms with Crippen LogP contribution in [-0.4, -0.2) is 18.5 Å². The molecule has 1 aromatic carbocycles. The highest BCUT2D eigenvalue weighted by atomic mass is 16.5. The average Bonchev–Trinajstić information content (AvgIpc) is 2.65. The number of amides is 1. The van der Waals surface area contributed by atoms with Crippen molar-refractivity contribution in [2.24, 2.45) is 0 Å². The smallest absolute Gasteiger partial charge is 0.225 e. The van der Waals surface area contributed by atoms with E-state index in [1.165, 1.54) is 0 Å². The quantitative estimate of drug-likeness (QED) is 0.652. The van der Waals surface area contributed by atoms with Gasteiger partial charge in [0, 0.05) is 11.3 Å². The van der Waals surface area contributed by atoms with E-state index in [4.69, 9.17) is 4.74 Å². The van der Waals surface area contributed by atoms with E-state index in [1.807, 2.05) is 24.3 Å². The molecule has 0 unspecified atom stereocenters. The highest BCUT2D eigenvalue weighted by molar-refractivity contribution is 5.80. The summed E-state index contributed by atoms with van der Waals surface area (Å²) in [5.74, 6) is 1.15. The first-order chi connectivity index (χ1) is 11.8. The van der Waals surface area contributed by atoms with Crippen molar-refractivity contribution in [3.63, 3.8) is 0 Å².